The van der Waals surface area contributed by atoms with Crippen molar-refractivity contribution in [2.45, 2.75) is 208 Å². The number of ether oxygens (including phenoxy) is 7. The number of alkyl halides is 1. The second kappa shape index (κ2) is 26.0. The molecule has 3 saturated heterocycles. The van der Waals surface area contributed by atoms with Crippen LogP contribution >= 0.6 is 0 Å². The van der Waals surface area contributed by atoms with Gasteiger partial charge in [0.1, 0.15) is 48.8 Å². The van der Waals surface area contributed by atoms with Crippen LogP contribution in [0.1, 0.15) is 118 Å². The smallest absolute Gasteiger partial charge is 0.311 e. The lowest BCUT2D eigenvalue weighted by Gasteiger charge is -2.47. The lowest BCUT2D eigenvalue weighted by atomic mass is 9.83. The number of sulfonamides is 1. The van der Waals surface area contributed by atoms with E-state index in [1.165, 1.54) is 52.1 Å². The molecule has 2 aromatic rings. The molecule has 3 aliphatic heterocycles. The van der Waals surface area contributed by atoms with Gasteiger partial charge in [-0.25, -0.2) is 21.8 Å². The summed E-state index contributed by atoms with van der Waals surface area (Å²) in [5.41, 5.74) is -3.50. The van der Waals surface area contributed by atoms with Crippen LogP contribution in [0.3, 0.4) is 0 Å². The number of hydrogen-bond donors (Lipinski definition) is 5. The van der Waals surface area contributed by atoms with E-state index in [-0.39, 0.29) is 36.5 Å². The van der Waals surface area contributed by atoms with Gasteiger partial charge >= 0.3 is 5.97 Å². The molecule has 23 heteroatoms. The van der Waals surface area contributed by atoms with Crippen LogP contribution in [0.5, 0.6) is 0 Å². The number of esters is 1. The normalized spacial score (nSPS) is 38.2. The predicted octanol–water partition coefficient (Wildman–Crippen LogP) is 3.01. The molecule has 19 atom stereocenters. The van der Waals surface area contributed by atoms with Gasteiger partial charge < -0.3 is 68.5 Å². The number of methoxy groups -OCH3 is 2. The highest BCUT2D eigenvalue weighted by molar-refractivity contribution is 7.89. The summed E-state index contributed by atoms with van der Waals surface area (Å²) in [7, 11) is 5.79. The van der Waals surface area contributed by atoms with Crippen LogP contribution in [0.2, 0.25) is 0 Å². The Balaban J connectivity index is 1.41. The van der Waals surface area contributed by atoms with E-state index in [1.54, 1.807) is 59.9 Å². The van der Waals surface area contributed by atoms with E-state index in [0.29, 0.717) is 37.2 Å². The summed E-state index contributed by atoms with van der Waals surface area (Å²) >= 11 is 0. The molecule has 3 aliphatic rings. The summed E-state index contributed by atoms with van der Waals surface area (Å²) in [6, 6.07) is 4.04. The fraction of sp³-hybridized carbons (Fsp3) is 0.827. The van der Waals surface area contributed by atoms with Crippen LogP contribution in [-0.4, -0.2) is 221 Å². The maximum Gasteiger partial charge on any atom is 0.311 e. The number of carbonyl (C=O) groups excluding carboxylic acids is 1. The molecule has 5 rings (SSSR count). The Hall–Kier alpha value is -2.85. The number of likely N-dealkylation sites (N-methyl/N-ethyl adjacent to an activating group) is 2. The molecule has 5 N–H and O–H groups in total. The zero-order valence-corrected chi connectivity index (χ0v) is 47.6. The molecular formula is C52H89FN6O15S. The largest absolute Gasteiger partial charge is 0.459 e. The monoisotopic (exact) mass is 1090 g/mol. The number of nitrogens with zero attached hydrogens (tertiary/aromatic N) is 6. The summed E-state index contributed by atoms with van der Waals surface area (Å²) in [5.74, 6) is -2.04. The number of rotatable bonds is 17. The predicted molar refractivity (Wildman–Crippen MR) is 274 cm³/mol. The first-order valence-corrected chi connectivity index (χ1v) is 27.7. The molecule has 0 radical (unpaired) electrons. The molecule has 0 bridgehead atoms. The second-order valence-corrected chi connectivity index (χ2v) is 24.5. The summed E-state index contributed by atoms with van der Waals surface area (Å²) in [4.78, 5) is 18.3. The molecule has 430 valence electrons. The van der Waals surface area contributed by atoms with Crippen molar-refractivity contribution in [2.75, 3.05) is 62.2 Å². The Morgan fingerprint density at radius 3 is 2.19 bits per heavy atom. The van der Waals surface area contributed by atoms with Crippen molar-refractivity contribution < 1.29 is 76.3 Å². The van der Waals surface area contributed by atoms with Gasteiger partial charge in [0, 0.05) is 78.9 Å². The lowest BCUT2D eigenvalue weighted by Crippen LogP contribution is -2.59. The van der Waals surface area contributed by atoms with Crippen molar-refractivity contribution in [1.29, 1.82) is 0 Å². The van der Waals surface area contributed by atoms with E-state index in [2.05, 4.69) is 10.3 Å². The average Bonchev–Trinajstić information content (AvgIpc) is 3.83. The molecule has 1 aromatic carbocycles. The van der Waals surface area contributed by atoms with E-state index in [0.717, 1.165) is 4.31 Å². The maximum atomic E-state index is 14.8. The number of aromatic nitrogens is 3. The Morgan fingerprint density at radius 2 is 1.60 bits per heavy atom. The Kier molecular flexibility index (Phi) is 21.8. The number of hydrogen-bond acceptors (Lipinski definition) is 19. The standard InChI is InChI=1S/C52H89FN6O15S/c1-16-41-52(9,65)46(61)33(5)58(13)28-30(2)25-50(7,64)42(24-40(32(4)48(63)73-41)72-43-26-51(8,69-15)47(62)34(6)71-43)74-49-44(60)38(23-31(3)70-49)57(12)22-21-36-29-59(55-54-36)39(27-53)45(68-14)35-17-19-37(20-18-35)75(66,67)56(10)11/h17-20,29-34,38-47,49,60-62,64-65H,16,21-28H2,1-15H3/t30-,31-,32-,33-,34+,38+,39-,40+,41-,42-,43+,44-,45-,46-,47+,49+,50-,51-,52-/m1/s1. The van der Waals surface area contributed by atoms with Gasteiger partial charge in [-0.1, -0.05) is 31.2 Å². The van der Waals surface area contributed by atoms with Crippen LogP contribution < -0.4 is 0 Å². The number of halogens is 1. The zero-order valence-electron chi connectivity index (χ0n) is 46.8. The van der Waals surface area contributed by atoms with E-state index >= 15 is 0 Å². The van der Waals surface area contributed by atoms with Crippen LogP contribution in [-0.2, 0) is 54.4 Å². The molecule has 0 saturated carbocycles. The Morgan fingerprint density at radius 1 is 0.947 bits per heavy atom. The molecule has 0 amide bonds. The van der Waals surface area contributed by atoms with E-state index < -0.39 is 131 Å². The molecule has 75 heavy (non-hydrogen) atoms. The van der Waals surface area contributed by atoms with E-state index in [9.17, 15) is 43.1 Å². The van der Waals surface area contributed by atoms with Gasteiger partial charge in [0.2, 0.25) is 10.0 Å². The van der Waals surface area contributed by atoms with Gasteiger partial charge in [-0.15, -0.1) is 5.10 Å². The highest BCUT2D eigenvalue weighted by atomic mass is 32.2. The average molecular weight is 1090 g/mol. The summed E-state index contributed by atoms with van der Waals surface area (Å²) in [6.45, 7) is 15.4. The topological polar surface area (TPSA) is 257 Å². The van der Waals surface area contributed by atoms with Gasteiger partial charge in [0.15, 0.2) is 12.6 Å². The minimum absolute atomic E-state index is 0.0765. The van der Waals surface area contributed by atoms with Crippen LogP contribution in [0.25, 0.3) is 0 Å². The Bertz CT molecular complexity index is 2230. The minimum atomic E-state index is -3.68. The summed E-state index contributed by atoms with van der Waals surface area (Å²) in [6.07, 6.45) is -8.54. The lowest BCUT2D eigenvalue weighted by molar-refractivity contribution is -0.308. The van der Waals surface area contributed by atoms with Gasteiger partial charge in [0.05, 0.1) is 52.1 Å². The highest BCUT2D eigenvalue weighted by Crippen LogP contribution is 2.39. The molecule has 0 unspecified atom stereocenters. The quantitative estimate of drug-likeness (QED) is 0.143. The third-order valence-electron chi connectivity index (χ3n) is 16.1. The van der Waals surface area contributed by atoms with Crippen molar-refractivity contribution in [3.05, 3.63) is 41.7 Å². The zero-order chi connectivity index (χ0) is 56.1. The third kappa shape index (κ3) is 14.7. The van der Waals surface area contributed by atoms with Crippen molar-refractivity contribution in [3.8, 4) is 0 Å². The van der Waals surface area contributed by atoms with Crippen molar-refractivity contribution in [3.63, 3.8) is 0 Å². The molecule has 4 heterocycles. The molecule has 21 nitrogen and oxygen atoms in total. The summed E-state index contributed by atoms with van der Waals surface area (Å²) in [5, 5.41) is 68.0. The van der Waals surface area contributed by atoms with Crippen LogP contribution in [0.4, 0.5) is 4.39 Å². The van der Waals surface area contributed by atoms with Gasteiger partial charge in [-0.05, 0) is 105 Å². The van der Waals surface area contributed by atoms with Crippen LogP contribution in [0.15, 0.2) is 35.4 Å². The number of carbonyl (C=O) groups is 1. The molecular weight excluding hydrogens is 1000 g/mol. The minimum Gasteiger partial charge on any atom is -0.459 e. The first-order valence-electron chi connectivity index (χ1n) is 26.2. The van der Waals surface area contributed by atoms with E-state index in [4.69, 9.17) is 33.2 Å². The van der Waals surface area contributed by atoms with E-state index in [1.807, 2.05) is 37.7 Å². The SMILES string of the molecule is CC[C@H]1OC(=O)[C@H](C)[C@@H](O[C@H]2C[C@@](C)(OC)[C@@H](O)[C@H](C)O2)C[C@@H](O[C@@H]2O[C@H](C)C[C@H](N(C)CCc3cn([C@H](CF)[C@H](OC)c4ccc(S(=O)(=O)N(C)C)cc4)nn3)[C@H]2O)[C@](C)(O)C[C@@H](C)CN(C)[C@H](C)[C@@H](O)[C@]1(C)O. The second-order valence-electron chi connectivity index (χ2n) is 22.4. The first-order chi connectivity index (χ1) is 34.9. The van der Waals surface area contributed by atoms with Crippen molar-refractivity contribution in [1.82, 2.24) is 29.1 Å². The number of cyclic esters (lactones) is 1. The summed E-state index contributed by atoms with van der Waals surface area (Å²) < 4.78 is 86.2. The fourth-order valence-corrected chi connectivity index (χ4v) is 11.9. The molecule has 0 aliphatic carbocycles. The maximum absolute atomic E-state index is 14.8. The number of benzene rings is 1. The fourth-order valence-electron chi connectivity index (χ4n) is 11.0. The number of aliphatic hydroxyl groups is 5. The highest BCUT2D eigenvalue weighted by Gasteiger charge is 2.51. The molecule has 3 fully saturated rings. The Labute approximate surface area is 443 Å². The van der Waals surface area contributed by atoms with Gasteiger partial charge in [-0.3, -0.25) is 4.79 Å². The van der Waals surface area contributed by atoms with Gasteiger partial charge in [-0.2, -0.15) is 0 Å². The third-order valence-corrected chi connectivity index (χ3v) is 17.9. The first kappa shape index (κ1) is 63.0. The molecule has 1 aromatic heterocycles. The number of aliphatic hydroxyl groups excluding tert-OH is 3. The van der Waals surface area contributed by atoms with Crippen molar-refractivity contribution in [2.24, 2.45) is 11.8 Å². The molecule has 0 spiro atoms. The van der Waals surface area contributed by atoms with Gasteiger partial charge in [0.25, 0.3) is 0 Å². The van der Waals surface area contributed by atoms with Crippen LogP contribution in [0, 0.1) is 11.8 Å². The van der Waals surface area contributed by atoms with Crippen molar-refractivity contribution >= 4 is 16.0 Å².